The number of nitrogens with one attached hydrogen (secondary N) is 2. The number of anilines is 2. The third kappa shape index (κ3) is 4.26. The minimum Gasteiger partial charge on any atom is -0.451 e. The molecule has 0 spiro atoms. The quantitative estimate of drug-likeness (QED) is 0.406. The maximum atomic E-state index is 12.4. The number of hydrogen-bond donors (Lipinski definition) is 2. The van der Waals surface area contributed by atoms with E-state index >= 15 is 0 Å². The average Bonchev–Trinajstić information content (AvgIpc) is 3.14. The van der Waals surface area contributed by atoms with Crippen LogP contribution in [0, 0.1) is 0 Å². The van der Waals surface area contributed by atoms with Crippen molar-refractivity contribution in [2.45, 2.75) is 0 Å². The minimum absolute atomic E-state index is 0.223. The summed E-state index contributed by atoms with van der Waals surface area (Å²) in [4.78, 5) is 24.8. The van der Waals surface area contributed by atoms with E-state index < -0.39 is 0 Å². The van der Waals surface area contributed by atoms with Crippen LogP contribution in [0.3, 0.4) is 0 Å². The monoisotopic (exact) mass is 424 g/mol. The molecule has 0 aliphatic rings. The molecule has 4 aromatic rings. The molecule has 0 aliphatic heterocycles. The van der Waals surface area contributed by atoms with Crippen LogP contribution in [0.15, 0.2) is 77.2 Å². The Morgan fingerprint density at radius 1 is 0.759 bits per heavy atom. The molecule has 1 heterocycles. The molecule has 2 N–H and O–H groups in total. The maximum absolute atomic E-state index is 12.4. The second kappa shape index (κ2) is 7.99. The average molecular weight is 425 g/mol. The van der Waals surface area contributed by atoms with Crippen molar-refractivity contribution in [1.82, 2.24) is 0 Å². The number of carbonyl (C=O) groups is 2. The highest BCUT2D eigenvalue weighted by atomic mass is 35.5. The fraction of sp³-hybridized carbons (Fsp3) is 0. The normalized spacial score (nSPS) is 10.7. The Labute approximate surface area is 176 Å². The Kier molecular flexibility index (Phi) is 5.25. The topological polar surface area (TPSA) is 71.3 Å². The number of para-hydroxylation sites is 1. The lowest BCUT2D eigenvalue weighted by Crippen LogP contribution is -2.13. The highest BCUT2D eigenvalue weighted by molar-refractivity contribution is 6.37. The standard InChI is InChI=1S/C22H14Cl2N2O3/c23-14-5-10-17(18(24)12-14)21(27)25-15-6-8-16(9-7-15)26-22(28)20-11-13-3-1-2-4-19(13)29-20/h1-12H,(H,25,27)(H,26,28). The summed E-state index contributed by atoms with van der Waals surface area (Å²) in [6, 6.07) is 20.5. The maximum Gasteiger partial charge on any atom is 0.291 e. The smallest absolute Gasteiger partial charge is 0.291 e. The van der Waals surface area contributed by atoms with Crippen molar-refractivity contribution in [3.63, 3.8) is 0 Å². The van der Waals surface area contributed by atoms with E-state index in [1.54, 1.807) is 48.5 Å². The van der Waals surface area contributed by atoms with E-state index in [1.807, 2.05) is 18.2 Å². The first kappa shape index (κ1) is 19.1. The largest absolute Gasteiger partial charge is 0.451 e. The molecule has 0 saturated carbocycles. The Morgan fingerprint density at radius 3 is 2.07 bits per heavy atom. The van der Waals surface area contributed by atoms with Crippen molar-refractivity contribution in [3.8, 4) is 0 Å². The van der Waals surface area contributed by atoms with Crippen LogP contribution in [0.1, 0.15) is 20.9 Å². The zero-order chi connectivity index (χ0) is 20.4. The minimum atomic E-state index is -0.356. The fourth-order valence-corrected chi connectivity index (χ4v) is 3.29. The van der Waals surface area contributed by atoms with Gasteiger partial charge in [-0.3, -0.25) is 9.59 Å². The van der Waals surface area contributed by atoms with Gasteiger partial charge >= 0.3 is 0 Å². The zero-order valence-corrected chi connectivity index (χ0v) is 16.4. The second-order valence-electron chi connectivity index (χ2n) is 6.26. The van der Waals surface area contributed by atoms with Gasteiger partial charge in [0.2, 0.25) is 0 Å². The van der Waals surface area contributed by atoms with E-state index in [2.05, 4.69) is 10.6 Å². The molecule has 1 aromatic heterocycles. The number of hydrogen-bond acceptors (Lipinski definition) is 3. The number of rotatable bonds is 4. The molecular formula is C22H14Cl2N2O3. The number of amides is 2. The van der Waals surface area contributed by atoms with Gasteiger partial charge in [-0.05, 0) is 54.6 Å². The van der Waals surface area contributed by atoms with E-state index in [-0.39, 0.29) is 22.6 Å². The summed E-state index contributed by atoms with van der Waals surface area (Å²) in [7, 11) is 0. The third-order valence-electron chi connectivity index (χ3n) is 4.23. The van der Waals surface area contributed by atoms with Crippen molar-refractivity contribution in [1.29, 1.82) is 0 Å². The molecule has 2 amide bonds. The lowest BCUT2D eigenvalue weighted by Gasteiger charge is -2.08. The Hall–Kier alpha value is -3.28. The fourth-order valence-electron chi connectivity index (χ4n) is 2.80. The van der Waals surface area contributed by atoms with Gasteiger partial charge in [-0.2, -0.15) is 0 Å². The number of carbonyl (C=O) groups excluding carboxylic acids is 2. The molecule has 0 saturated heterocycles. The van der Waals surface area contributed by atoms with Crippen molar-refractivity contribution >= 4 is 57.4 Å². The van der Waals surface area contributed by atoms with Crippen LogP contribution in [-0.4, -0.2) is 11.8 Å². The van der Waals surface area contributed by atoms with Gasteiger partial charge in [-0.15, -0.1) is 0 Å². The van der Waals surface area contributed by atoms with Gasteiger partial charge in [-0.25, -0.2) is 0 Å². The van der Waals surface area contributed by atoms with E-state index in [0.717, 1.165) is 5.39 Å². The van der Waals surface area contributed by atoms with Gasteiger partial charge in [0.1, 0.15) is 5.58 Å². The van der Waals surface area contributed by atoms with Crippen molar-refractivity contribution in [2.24, 2.45) is 0 Å². The van der Waals surface area contributed by atoms with E-state index in [9.17, 15) is 9.59 Å². The molecule has 29 heavy (non-hydrogen) atoms. The molecule has 3 aromatic carbocycles. The molecular weight excluding hydrogens is 411 g/mol. The number of halogens is 2. The van der Waals surface area contributed by atoms with E-state index in [1.165, 1.54) is 6.07 Å². The first-order valence-electron chi connectivity index (χ1n) is 8.66. The molecule has 7 heteroatoms. The van der Waals surface area contributed by atoms with Crippen LogP contribution in [0.5, 0.6) is 0 Å². The Balaban J connectivity index is 1.43. The highest BCUT2D eigenvalue weighted by Crippen LogP contribution is 2.23. The summed E-state index contributed by atoms with van der Waals surface area (Å²) in [5.74, 6) is -0.488. The first-order chi connectivity index (χ1) is 14.0. The van der Waals surface area contributed by atoms with Crippen molar-refractivity contribution in [2.75, 3.05) is 10.6 Å². The van der Waals surface area contributed by atoms with Crippen molar-refractivity contribution in [3.05, 3.63) is 94.2 Å². The molecule has 4 rings (SSSR count). The third-order valence-corrected chi connectivity index (χ3v) is 4.77. The van der Waals surface area contributed by atoms with Gasteiger partial charge in [0.25, 0.3) is 11.8 Å². The number of benzene rings is 3. The molecule has 5 nitrogen and oxygen atoms in total. The zero-order valence-electron chi connectivity index (χ0n) is 14.9. The molecule has 0 radical (unpaired) electrons. The van der Waals surface area contributed by atoms with Gasteiger partial charge in [0.05, 0.1) is 10.6 Å². The second-order valence-corrected chi connectivity index (χ2v) is 7.10. The predicted molar refractivity (Wildman–Crippen MR) is 115 cm³/mol. The molecule has 0 unspecified atom stereocenters. The summed E-state index contributed by atoms with van der Waals surface area (Å²) in [6.07, 6.45) is 0. The van der Waals surface area contributed by atoms with Crippen LogP contribution in [0.2, 0.25) is 10.0 Å². The molecule has 0 atom stereocenters. The first-order valence-corrected chi connectivity index (χ1v) is 9.41. The van der Waals surface area contributed by atoms with Crippen LogP contribution in [0.25, 0.3) is 11.0 Å². The van der Waals surface area contributed by atoms with E-state index in [0.29, 0.717) is 27.5 Å². The lowest BCUT2D eigenvalue weighted by atomic mass is 10.2. The summed E-state index contributed by atoms with van der Waals surface area (Å²) in [5, 5.41) is 7.10. The lowest BCUT2D eigenvalue weighted by molar-refractivity contribution is 0.0996. The molecule has 0 fully saturated rings. The Morgan fingerprint density at radius 2 is 1.41 bits per heavy atom. The van der Waals surface area contributed by atoms with Crippen LogP contribution >= 0.6 is 23.2 Å². The summed E-state index contributed by atoms with van der Waals surface area (Å²) < 4.78 is 5.56. The van der Waals surface area contributed by atoms with Gasteiger partial charge < -0.3 is 15.1 Å². The van der Waals surface area contributed by atoms with Crippen LogP contribution in [0.4, 0.5) is 11.4 Å². The summed E-state index contributed by atoms with van der Waals surface area (Å²) in [5.41, 5.74) is 2.09. The van der Waals surface area contributed by atoms with Gasteiger partial charge in [0.15, 0.2) is 5.76 Å². The van der Waals surface area contributed by atoms with Crippen LogP contribution < -0.4 is 10.6 Å². The van der Waals surface area contributed by atoms with Crippen LogP contribution in [-0.2, 0) is 0 Å². The number of furan rings is 1. The summed E-state index contributed by atoms with van der Waals surface area (Å²) in [6.45, 7) is 0. The van der Waals surface area contributed by atoms with Gasteiger partial charge in [0, 0.05) is 21.8 Å². The predicted octanol–water partition coefficient (Wildman–Crippen LogP) is 6.24. The SMILES string of the molecule is O=C(Nc1ccc(NC(=O)c2ccc(Cl)cc2Cl)cc1)c1cc2ccccc2o1. The molecule has 144 valence electrons. The van der Waals surface area contributed by atoms with E-state index in [4.69, 9.17) is 27.6 Å². The highest BCUT2D eigenvalue weighted by Gasteiger charge is 2.13. The van der Waals surface area contributed by atoms with Crippen molar-refractivity contribution < 1.29 is 14.0 Å². The summed E-state index contributed by atoms with van der Waals surface area (Å²) >= 11 is 11.9. The van der Waals surface area contributed by atoms with Gasteiger partial charge in [-0.1, -0.05) is 41.4 Å². The molecule has 0 aliphatic carbocycles. The number of fused-ring (bicyclic) bond motifs is 1. The molecule has 0 bridgehead atoms. The Bertz CT molecular complexity index is 1180.